The van der Waals surface area contributed by atoms with Crippen molar-refractivity contribution in [3.8, 4) is 5.88 Å². The van der Waals surface area contributed by atoms with Gasteiger partial charge in [0, 0.05) is 36.1 Å². The second-order valence-corrected chi connectivity index (χ2v) is 10.3. The molecule has 1 aromatic heterocycles. The highest BCUT2D eigenvalue weighted by Crippen LogP contribution is 2.39. The molecule has 2 aromatic rings. The fourth-order valence-electron chi connectivity index (χ4n) is 5.13. The smallest absolute Gasteiger partial charge is 0.234 e. The first kappa shape index (κ1) is 24.0. The predicted molar refractivity (Wildman–Crippen MR) is 140 cm³/mol. The third-order valence-corrected chi connectivity index (χ3v) is 7.46. The van der Waals surface area contributed by atoms with Gasteiger partial charge in [0.1, 0.15) is 5.82 Å². The molecule has 0 spiro atoms. The van der Waals surface area contributed by atoms with Gasteiger partial charge in [-0.2, -0.15) is 9.97 Å². The number of anilines is 2. The zero-order valence-electron chi connectivity index (χ0n) is 19.6. The van der Waals surface area contributed by atoms with Crippen molar-refractivity contribution in [3.63, 3.8) is 0 Å². The molecule has 2 N–H and O–H groups in total. The number of hydrogen-bond donors (Lipinski definition) is 2. The van der Waals surface area contributed by atoms with Gasteiger partial charge in [-0.15, -0.1) is 0 Å². The largest absolute Gasteiger partial charge is 0.481 e. The number of benzene rings is 1. The highest BCUT2D eigenvalue weighted by Gasteiger charge is 2.34. The number of rotatable bonds is 6. The summed E-state index contributed by atoms with van der Waals surface area (Å²) >= 11 is 11.8. The Morgan fingerprint density at radius 3 is 2.64 bits per heavy atom. The van der Waals surface area contributed by atoms with Crippen molar-refractivity contribution in [1.82, 2.24) is 15.3 Å². The van der Waals surface area contributed by atoms with Crippen LogP contribution in [-0.4, -0.2) is 41.8 Å². The number of hydrogen-bond acceptors (Lipinski definition) is 5. The predicted octanol–water partition coefficient (Wildman–Crippen LogP) is 5.56. The molecule has 1 aliphatic carbocycles. The zero-order valence-corrected chi connectivity index (χ0v) is 21.1. The van der Waals surface area contributed by atoms with Crippen molar-refractivity contribution in [2.75, 3.05) is 37.0 Å². The lowest BCUT2D eigenvalue weighted by atomic mass is 9.69. The van der Waals surface area contributed by atoms with Crippen LogP contribution in [0, 0.1) is 5.92 Å². The average molecular weight is 488 g/mol. The first-order valence-corrected chi connectivity index (χ1v) is 12.7. The van der Waals surface area contributed by atoms with Crippen molar-refractivity contribution in [3.05, 3.63) is 40.9 Å². The minimum atomic E-state index is 0.0545. The summed E-state index contributed by atoms with van der Waals surface area (Å²) in [4.78, 5) is 11.5. The molecule has 2 fully saturated rings. The molecule has 1 atom stereocenters. The van der Waals surface area contributed by atoms with E-state index in [-0.39, 0.29) is 5.41 Å². The van der Waals surface area contributed by atoms with Gasteiger partial charge in [-0.1, -0.05) is 49.9 Å². The van der Waals surface area contributed by atoms with E-state index in [0.717, 1.165) is 43.3 Å². The second-order valence-electron chi connectivity index (χ2n) is 9.44. The Bertz CT molecular complexity index is 948. The molecular formula is C25H34ClN5OS. The summed E-state index contributed by atoms with van der Waals surface area (Å²) in [6, 6.07) is 10.2. The Hall–Kier alpha value is -2.12. The highest BCUT2D eigenvalue weighted by molar-refractivity contribution is 7.80. The lowest BCUT2D eigenvalue weighted by Crippen LogP contribution is -2.43. The van der Waals surface area contributed by atoms with Gasteiger partial charge in [-0.05, 0) is 61.5 Å². The van der Waals surface area contributed by atoms with E-state index in [2.05, 4.69) is 39.6 Å². The molecule has 0 radical (unpaired) electrons. The van der Waals surface area contributed by atoms with Crippen molar-refractivity contribution < 1.29 is 4.74 Å². The second kappa shape index (κ2) is 10.9. The van der Waals surface area contributed by atoms with Crippen LogP contribution in [0.4, 0.5) is 11.8 Å². The van der Waals surface area contributed by atoms with Crippen molar-refractivity contribution >= 4 is 40.7 Å². The number of ether oxygens (including phenoxy) is 1. The summed E-state index contributed by atoms with van der Waals surface area (Å²) < 4.78 is 5.44. The van der Waals surface area contributed by atoms with Gasteiger partial charge in [-0.3, -0.25) is 0 Å². The molecule has 1 aromatic carbocycles. The van der Waals surface area contributed by atoms with Gasteiger partial charge in [0.2, 0.25) is 11.8 Å². The van der Waals surface area contributed by atoms with Gasteiger partial charge in [0.05, 0.1) is 7.11 Å². The van der Waals surface area contributed by atoms with E-state index in [9.17, 15) is 0 Å². The van der Waals surface area contributed by atoms with Gasteiger partial charge in [0.15, 0.2) is 5.11 Å². The van der Waals surface area contributed by atoms with Gasteiger partial charge >= 0.3 is 0 Å². The quantitative estimate of drug-likeness (QED) is 0.517. The van der Waals surface area contributed by atoms with E-state index in [1.165, 1.54) is 37.7 Å². The molecular weight excluding hydrogens is 454 g/mol. The third kappa shape index (κ3) is 6.07. The lowest BCUT2D eigenvalue weighted by Gasteiger charge is -2.38. The molecule has 33 heavy (non-hydrogen) atoms. The van der Waals surface area contributed by atoms with Crippen molar-refractivity contribution in [1.29, 1.82) is 0 Å². The Morgan fingerprint density at radius 1 is 1.18 bits per heavy atom. The van der Waals surface area contributed by atoms with E-state index in [4.69, 9.17) is 33.5 Å². The monoisotopic (exact) mass is 487 g/mol. The number of nitrogens with zero attached hydrogens (tertiary/aromatic N) is 3. The topological polar surface area (TPSA) is 62.3 Å². The summed E-state index contributed by atoms with van der Waals surface area (Å²) in [5, 5.41) is 7.94. The van der Waals surface area contributed by atoms with Crippen molar-refractivity contribution in [2.45, 2.75) is 57.3 Å². The maximum absolute atomic E-state index is 6.14. The standard InChI is InChI=1S/C25H34ClN5OS/c1-18-7-6-14-31(16-18)21-15-22(32-2)29-23(28-21)30-24(33)27-17-25(12-4-3-5-13-25)19-8-10-20(26)11-9-19/h8-11,15,18H,3-7,12-14,16-17H2,1-2H3,(H2,27,28,29,30,33)/t18-/m0/s1. The van der Waals surface area contributed by atoms with Gasteiger partial charge in [-0.25, -0.2) is 0 Å². The molecule has 0 amide bonds. The third-order valence-electron chi connectivity index (χ3n) is 6.96. The highest BCUT2D eigenvalue weighted by atomic mass is 35.5. The van der Waals surface area contributed by atoms with Gasteiger partial charge < -0.3 is 20.3 Å². The number of methoxy groups -OCH3 is 1. The maximum Gasteiger partial charge on any atom is 0.234 e. The van der Waals surface area contributed by atoms with Crippen LogP contribution in [0.15, 0.2) is 30.3 Å². The van der Waals surface area contributed by atoms with E-state index in [1.807, 2.05) is 18.2 Å². The van der Waals surface area contributed by atoms with Crippen molar-refractivity contribution in [2.24, 2.45) is 5.92 Å². The molecule has 0 unspecified atom stereocenters. The summed E-state index contributed by atoms with van der Waals surface area (Å²) in [7, 11) is 1.63. The lowest BCUT2D eigenvalue weighted by molar-refractivity contribution is 0.292. The van der Waals surface area contributed by atoms with Crippen LogP contribution < -0.4 is 20.3 Å². The number of thiocarbonyl (C=S) groups is 1. The minimum Gasteiger partial charge on any atom is -0.481 e. The number of nitrogens with one attached hydrogen (secondary N) is 2. The van der Waals surface area contributed by atoms with E-state index >= 15 is 0 Å². The van der Waals surface area contributed by atoms with E-state index in [1.54, 1.807) is 7.11 Å². The summed E-state index contributed by atoms with van der Waals surface area (Å²) in [6.45, 7) is 5.04. The number of piperidine rings is 1. The Kier molecular flexibility index (Phi) is 7.91. The van der Waals surface area contributed by atoms with Crippen LogP contribution in [0.5, 0.6) is 5.88 Å². The molecule has 4 rings (SSSR count). The Labute approximate surface area is 207 Å². The molecule has 6 nitrogen and oxygen atoms in total. The number of aromatic nitrogens is 2. The molecule has 1 aliphatic heterocycles. The zero-order chi connectivity index (χ0) is 23.3. The molecule has 0 bridgehead atoms. The average Bonchev–Trinajstić information content (AvgIpc) is 2.83. The Balaban J connectivity index is 1.45. The van der Waals surface area contributed by atoms with Gasteiger partial charge in [0.25, 0.3) is 0 Å². The van der Waals surface area contributed by atoms with Crippen LogP contribution >= 0.6 is 23.8 Å². The maximum atomic E-state index is 6.14. The van der Waals surface area contributed by atoms with Crippen LogP contribution in [0.25, 0.3) is 0 Å². The van der Waals surface area contributed by atoms with Crippen LogP contribution in [-0.2, 0) is 5.41 Å². The fourth-order valence-corrected chi connectivity index (χ4v) is 5.42. The van der Waals surface area contributed by atoms with Crippen LogP contribution in [0.1, 0.15) is 57.4 Å². The normalized spacial score (nSPS) is 20.2. The fraction of sp³-hybridized carbons (Fsp3) is 0.560. The van der Waals surface area contributed by atoms with Crippen LogP contribution in [0.3, 0.4) is 0 Å². The SMILES string of the molecule is COc1cc(N2CCC[C@H](C)C2)nc(NC(=S)NCC2(c3ccc(Cl)cc3)CCCCC2)n1. The Morgan fingerprint density at radius 2 is 1.94 bits per heavy atom. The molecule has 2 aliphatic rings. The summed E-state index contributed by atoms with van der Waals surface area (Å²) in [6.07, 6.45) is 8.43. The first-order chi connectivity index (χ1) is 16.0. The van der Waals surface area contributed by atoms with E-state index < -0.39 is 0 Å². The van der Waals surface area contributed by atoms with E-state index in [0.29, 0.717) is 22.9 Å². The molecule has 178 valence electrons. The molecule has 8 heteroatoms. The van der Waals surface area contributed by atoms with Crippen LogP contribution in [0.2, 0.25) is 5.02 Å². The minimum absolute atomic E-state index is 0.0545. The molecule has 1 saturated carbocycles. The molecule has 2 heterocycles. The number of halogens is 1. The first-order valence-electron chi connectivity index (χ1n) is 12.0. The molecule has 1 saturated heterocycles. The summed E-state index contributed by atoms with van der Waals surface area (Å²) in [5.41, 5.74) is 1.37. The summed E-state index contributed by atoms with van der Waals surface area (Å²) in [5.74, 6) is 2.53.